The molecule has 1 heterocycles. The number of benzene rings is 4. The van der Waals surface area contributed by atoms with Crippen LogP contribution in [0.5, 0.6) is 0 Å². The summed E-state index contributed by atoms with van der Waals surface area (Å²) < 4.78 is 7.07. The van der Waals surface area contributed by atoms with E-state index in [-0.39, 0.29) is 5.97 Å². The predicted molar refractivity (Wildman–Crippen MR) is 142 cm³/mol. The third-order valence-corrected chi connectivity index (χ3v) is 5.80. The van der Waals surface area contributed by atoms with Crippen LogP contribution in [-0.4, -0.2) is 23.9 Å². The molecule has 0 saturated heterocycles. The van der Waals surface area contributed by atoms with Gasteiger partial charge in [0.25, 0.3) is 0 Å². The summed E-state index contributed by atoms with van der Waals surface area (Å²) in [7, 11) is 1.38. The molecule has 0 unspecified atom stereocenters. The zero-order valence-electron chi connectivity index (χ0n) is 19.3. The number of carbonyl (C=O) groups is 1. The highest BCUT2D eigenvalue weighted by molar-refractivity contribution is 5.95. The Balaban J connectivity index is 1.68. The molecular weight excluding hydrogens is 432 g/mol. The van der Waals surface area contributed by atoms with Gasteiger partial charge in [-0.05, 0) is 53.6 Å². The van der Waals surface area contributed by atoms with Gasteiger partial charge in [-0.2, -0.15) is 0 Å². The Kier molecular flexibility index (Phi) is 6.35. The Hall–Kier alpha value is -4.70. The van der Waals surface area contributed by atoms with Gasteiger partial charge in [0.1, 0.15) is 0 Å². The van der Waals surface area contributed by atoms with Crippen LogP contribution in [-0.2, 0) is 4.74 Å². The number of carbonyl (C=O) groups excluding carboxylic acids is 1. The third kappa shape index (κ3) is 4.68. The smallest absolute Gasteiger partial charge is 0.337 e. The number of hydrogen-bond donors (Lipinski definition) is 0. The molecule has 1 aromatic heterocycles. The van der Waals surface area contributed by atoms with Gasteiger partial charge in [0.05, 0.1) is 29.7 Å². The van der Waals surface area contributed by atoms with Crippen molar-refractivity contribution in [2.24, 2.45) is 4.99 Å². The lowest BCUT2D eigenvalue weighted by molar-refractivity contribution is 0.0601. The Bertz CT molecular complexity index is 1450. The molecule has 0 saturated carbocycles. The highest BCUT2D eigenvalue weighted by Crippen LogP contribution is 2.35. The molecule has 0 fully saturated rings. The van der Waals surface area contributed by atoms with Crippen LogP contribution in [0.2, 0.25) is 0 Å². The van der Waals surface area contributed by atoms with E-state index in [0.717, 1.165) is 39.5 Å². The first-order chi connectivity index (χ1) is 17.2. The van der Waals surface area contributed by atoms with E-state index in [1.54, 1.807) is 12.1 Å². The first kappa shape index (κ1) is 22.1. The summed E-state index contributed by atoms with van der Waals surface area (Å²) in [5, 5.41) is 0. The lowest BCUT2D eigenvalue weighted by Crippen LogP contribution is -2.00. The summed E-state index contributed by atoms with van der Waals surface area (Å²) in [4.78, 5) is 16.5. The van der Waals surface area contributed by atoms with E-state index in [2.05, 4.69) is 71.3 Å². The minimum Gasteiger partial charge on any atom is -0.465 e. The highest BCUT2D eigenvalue weighted by atomic mass is 16.5. The second-order valence-electron chi connectivity index (χ2n) is 8.03. The minimum absolute atomic E-state index is 0.362. The number of methoxy groups -OCH3 is 1. The van der Waals surface area contributed by atoms with Crippen LogP contribution in [0.4, 0.5) is 5.69 Å². The molecule has 0 atom stereocenters. The number of aliphatic imine (C=N–C) groups is 1. The van der Waals surface area contributed by atoms with Crippen LogP contribution in [0.25, 0.3) is 28.2 Å². The number of aromatic nitrogens is 1. The molecule has 0 bridgehead atoms. The van der Waals surface area contributed by atoms with Crippen molar-refractivity contribution < 1.29 is 9.53 Å². The normalized spacial score (nSPS) is 11.0. The Morgan fingerprint density at radius 2 is 1.31 bits per heavy atom. The molecular formula is C31H24N2O2. The fourth-order valence-corrected chi connectivity index (χ4v) is 4.13. The highest BCUT2D eigenvalue weighted by Gasteiger charge is 2.18. The van der Waals surface area contributed by atoms with Crippen molar-refractivity contribution in [1.29, 1.82) is 0 Å². The molecule has 0 amide bonds. The zero-order chi connectivity index (χ0) is 24.0. The second-order valence-corrected chi connectivity index (χ2v) is 8.03. The minimum atomic E-state index is -0.362. The van der Waals surface area contributed by atoms with Gasteiger partial charge in [-0.15, -0.1) is 0 Å². The number of esters is 1. The molecule has 0 spiro atoms. The number of rotatable bonds is 6. The van der Waals surface area contributed by atoms with Crippen LogP contribution in [0.15, 0.2) is 126 Å². The maximum Gasteiger partial charge on any atom is 0.337 e. The van der Waals surface area contributed by atoms with E-state index < -0.39 is 0 Å². The van der Waals surface area contributed by atoms with Gasteiger partial charge < -0.3 is 9.30 Å². The van der Waals surface area contributed by atoms with E-state index >= 15 is 0 Å². The van der Waals surface area contributed by atoms with Crippen molar-refractivity contribution in [3.63, 3.8) is 0 Å². The van der Waals surface area contributed by atoms with Gasteiger partial charge in [0.15, 0.2) is 0 Å². The fraction of sp³-hybridized carbons (Fsp3) is 0.0323. The number of ether oxygens (including phenoxy) is 1. The molecule has 4 aromatic carbocycles. The Labute approximate surface area is 204 Å². The molecule has 0 aliphatic rings. The summed E-state index contributed by atoms with van der Waals surface area (Å²) in [6, 6.07) is 40.3. The molecule has 170 valence electrons. The fourth-order valence-electron chi connectivity index (χ4n) is 4.13. The van der Waals surface area contributed by atoms with Crippen molar-refractivity contribution in [2.45, 2.75) is 0 Å². The molecule has 0 aliphatic carbocycles. The van der Waals surface area contributed by atoms with Crippen LogP contribution in [0.3, 0.4) is 0 Å². The molecule has 4 heteroatoms. The lowest BCUT2D eigenvalue weighted by Gasteiger charge is -2.15. The van der Waals surface area contributed by atoms with Crippen molar-refractivity contribution in [2.75, 3.05) is 7.11 Å². The summed E-state index contributed by atoms with van der Waals surface area (Å²) in [5.41, 5.74) is 7.69. The monoisotopic (exact) mass is 456 g/mol. The summed E-state index contributed by atoms with van der Waals surface area (Å²) in [6.45, 7) is 0. The van der Waals surface area contributed by atoms with Crippen LogP contribution in [0, 0.1) is 0 Å². The quantitative estimate of drug-likeness (QED) is 0.198. The second kappa shape index (κ2) is 10.1. The van der Waals surface area contributed by atoms with Gasteiger partial charge >= 0.3 is 5.97 Å². The zero-order valence-corrected chi connectivity index (χ0v) is 19.3. The van der Waals surface area contributed by atoms with Crippen LogP contribution >= 0.6 is 0 Å². The van der Waals surface area contributed by atoms with E-state index in [1.165, 1.54) is 7.11 Å². The maximum atomic E-state index is 11.8. The maximum absolute atomic E-state index is 11.8. The topological polar surface area (TPSA) is 43.6 Å². The number of para-hydroxylation sites is 1. The van der Waals surface area contributed by atoms with E-state index in [9.17, 15) is 4.79 Å². The predicted octanol–water partition coefficient (Wildman–Crippen LogP) is 7.35. The van der Waals surface area contributed by atoms with Gasteiger partial charge in [0, 0.05) is 17.5 Å². The van der Waals surface area contributed by atoms with Crippen molar-refractivity contribution in [3.8, 4) is 28.2 Å². The summed E-state index contributed by atoms with van der Waals surface area (Å²) in [5.74, 6) is -0.362. The van der Waals surface area contributed by atoms with Crippen LogP contribution < -0.4 is 0 Å². The van der Waals surface area contributed by atoms with E-state index in [4.69, 9.17) is 9.73 Å². The molecule has 35 heavy (non-hydrogen) atoms. The van der Waals surface area contributed by atoms with Gasteiger partial charge in [-0.25, -0.2) is 4.79 Å². The molecule has 5 aromatic rings. The lowest BCUT2D eigenvalue weighted by atomic mass is 10.1. The average Bonchev–Trinajstić information content (AvgIpc) is 3.33. The SMILES string of the molecule is COC(=O)c1ccc(N=Cc2cc(-c3ccccc3)n(-c3ccccc3)c2-c2ccccc2)cc1. The molecule has 0 radical (unpaired) electrons. The summed E-state index contributed by atoms with van der Waals surface area (Å²) >= 11 is 0. The average molecular weight is 457 g/mol. The molecule has 5 rings (SSSR count). The van der Waals surface area contributed by atoms with Gasteiger partial charge in [0.2, 0.25) is 0 Å². The first-order valence-corrected chi connectivity index (χ1v) is 11.4. The third-order valence-electron chi connectivity index (χ3n) is 5.80. The van der Waals surface area contributed by atoms with Gasteiger partial charge in [-0.3, -0.25) is 4.99 Å². The van der Waals surface area contributed by atoms with Crippen LogP contribution in [0.1, 0.15) is 15.9 Å². The standard InChI is InChI=1S/C31H24N2O2/c1-35-31(34)25-17-19-27(20-18-25)32-22-26-21-29(23-11-5-2-6-12-23)33(28-15-9-4-10-16-28)30(26)24-13-7-3-8-14-24/h2-22H,1H3. The Morgan fingerprint density at radius 1 is 0.743 bits per heavy atom. The van der Waals surface area contributed by atoms with Gasteiger partial charge in [-0.1, -0.05) is 78.9 Å². The number of nitrogens with zero attached hydrogens (tertiary/aromatic N) is 2. The van der Waals surface area contributed by atoms with E-state index in [0.29, 0.717) is 5.56 Å². The Morgan fingerprint density at radius 3 is 1.91 bits per heavy atom. The largest absolute Gasteiger partial charge is 0.465 e. The van der Waals surface area contributed by atoms with Crippen molar-refractivity contribution in [3.05, 3.63) is 132 Å². The molecule has 0 N–H and O–H groups in total. The summed E-state index contributed by atoms with van der Waals surface area (Å²) in [6.07, 6.45) is 1.89. The number of hydrogen-bond acceptors (Lipinski definition) is 3. The first-order valence-electron chi connectivity index (χ1n) is 11.4. The molecule has 0 aliphatic heterocycles. The van der Waals surface area contributed by atoms with E-state index in [1.807, 2.05) is 48.7 Å². The van der Waals surface area contributed by atoms with Crippen molar-refractivity contribution >= 4 is 17.9 Å². The van der Waals surface area contributed by atoms with Crippen molar-refractivity contribution in [1.82, 2.24) is 4.57 Å². The molecule has 4 nitrogen and oxygen atoms in total.